The molecular formula is C9H14N2OS. The minimum atomic E-state index is -0.107. The summed E-state index contributed by atoms with van der Waals surface area (Å²) in [6.07, 6.45) is 3.40. The molecule has 1 aromatic rings. The number of nitrogens with two attached hydrogens (primary N) is 1. The maximum atomic E-state index is 11.1. The van der Waals surface area contributed by atoms with Crippen LogP contribution in [0.4, 0.5) is 11.4 Å². The van der Waals surface area contributed by atoms with E-state index in [1.54, 1.807) is 0 Å². The standard InChI is InChI=1S/C9H14N2OS/c1-2-3-4-5-11-7-6(10)9(13)8(7)12/h11H,2-5,10H2,1H3. The Kier molecular flexibility index (Phi) is 3.42. The predicted octanol–water partition coefficient (Wildman–Crippen LogP) is 1.84. The summed E-state index contributed by atoms with van der Waals surface area (Å²) in [7, 11) is 0. The van der Waals surface area contributed by atoms with Crippen molar-refractivity contribution in [2.45, 2.75) is 26.2 Å². The Morgan fingerprint density at radius 2 is 2.15 bits per heavy atom. The van der Waals surface area contributed by atoms with Crippen LogP contribution in [-0.2, 0) is 0 Å². The number of hydrogen-bond acceptors (Lipinski definition) is 4. The first-order chi connectivity index (χ1) is 6.18. The first-order valence-corrected chi connectivity index (χ1v) is 4.92. The largest absolute Gasteiger partial charge is 0.396 e. The highest BCUT2D eigenvalue weighted by atomic mass is 32.1. The predicted molar refractivity (Wildman–Crippen MR) is 58.3 cm³/mol. The second kappa shape index (κ2) is 4.37. The second-order valence-corrected chi connectivity index (χ2v) is 3.49. The van der Waals surface area contributed by atoms with Crippen molar-refractivity contribution in [2.75, 3.05) is 17.6 Å². The molecule has 0 aliphatic heterocycles. The highest BCUT2D eigenvalue weighted by Gasteiger charge is 2.12. The van der Waals surface area contributed by atoms with Crippen molar-refractivity contribution in [2.24, 2.45) is 0 Å². The third kappa shape index (κ3) is 2.06. The summed E-state index contributed by atoms with van der Waals surface area (Å²) in [6.45, 7) is 2.94. The fourth-order valence-electron chi connectivity index (χ4n) is 1.17. The molecule has 13 heavy (non-hydrogen) atoms. The number of anilines is 2. The minimum absolute atomic E-state index is 0.107. The zero-order valence-electron chi connectivity index (χ0n) is 7.72. The van der Waals surface area contributed by atoms with Crippen molar-refractivity contribution < 1.29 is 0 Å². The summed E-state index contributed by atoms with van der Waals surface area (Å²) in [6, 6.07) is 0. The van der Waals surface area contributed by atoms with Crippen molar-refractivity contribution in [3.05, 3.63) is 14.7 Å². The Morgan fingerprint density at radius 3 is 2.69 bits per heavy atom. The normalized spacial score (nSPS) is 10.5. The van der Waals surface area contributed by atoms with Gasteiger partial charge in [-0.15, -0.1) is 0 Å². The van der Waals surface area contributed by atoms with Gasteiger partial charge >= 0.3 is 0 Å². The van der Waals surface area contributed by atoms with E-state index in [1.165, 1.54) is 12.8 Å². The molecule has 4 heteroatoms. The van der Waals surface area contributed by atoms with Crippen molar-refractivity contribution in [3.8, 4) is 0 Å². The first kappa shape index (κ1) is 10.2. The molecule has 0 radical (unpaired) electrons. The fourth-order valence-corrected chi connectivity index (χ4v) is 1.38. The summed E-state index contributed by atoms with van der Waals surface area (Å²) in [5, 5.41) is 3.00. The van der Waals surface area contributed by atoms with Crippen LogP contribution in [0.25, 0.3) is 0 Å². The van der Waals surface area contributed by atoms with Gasteiger partial charge in [0.25, 0.3) is 0 Å². The molecule has 0 saturated carbocycles. The summed E-state index contributed by atoms with van der Waals surface area (Å²) in [5.74, 6) is 0. The van der Waals surface area contributed by atoms with Crippen LogP contribution in [-0.4, -0.2) is 6.54 Å². The van der Waals surface area contributed by atoms with E-state index in [1.807, 2.05) is 0 Å². The van der Waals surface area contributed by atoms with Crippen molar-refractivity contribution in [3.63, 3.8) is 0 Å². The summed E-state index contributed by atoms with van der Waals surface area (Å²) in [5.41, 5.74) is 6.39. The van der Waals surface area contributed by atoms with Gasteiger partial charge in [0.15, 0.2) is 0 Å². The highest BCUT2D eigenvalue weighted by molar-refractivity contribution is 7.71. The van der Waals surface area contributed by atoms with Crippen LogP contribution >= 0.6 is 12.2 Å². The van der Waals surface area contributed by atoms with E-state index in [9.17, 15) is 4.79 Å². The third-order valence-electron chi connectivity index (χ3n) is 2.03. The zero-order chi connectivity index (χ0) is 9.84. The molecule has 0 fully saturated rings. The summed E-state index contributed by atoms with van der Waals surface area (Å²) in [4.78, 5) is 11.1. The lowest BCUT2D eigenvalue weighted by Crippen LogP contribution is -2.21. The second-order valence-electron chi connectivity index (χ2n) is 3.08. The molecule has 0 heterocycles. The molecule has 0 amide bonds. The maximum Gasteiger partial charge on any atom is 0.223 e. The molecule has 72 valence electrons. The van der Waals surface area contributed by atoms with Crippen LogP contribution in [0, 0.1) is 4.51 Å². The average molecular weight is 198 g/mol. The maximum absolute atomic E-state index is 11.1. The molecule has 0 saturated heterocycles. The number of nitrogens with one attached hydrogen (secondary N) is 1. The first-order valence-electron chi connectivity index (χ1n) is 4.51. The van der Waals surface area contributed by atoms with Gasteiger partial charge in [0.05, 0.1) is 5.69 Å². The molecule has 0 unspecified atom stereocenters. The Balaban J connectivity index is 2.39. The molecule has 1 aromatic carbocycles. The molecule has 3 N–H and O–H groups in total. The van der Waals surface area contributed by atoms with E-state index in [0.29, 0.717) is 11.4 Å². The van der Waals surface area contributed by atoms with Gasteiger partial charge in [-0.05, 0) is 6.42 Å². The van der Waals surface area contributed by atoms with E-state index < -0.39 is 0 Å². The molecule has 0 aromatic heterocycles. The van der Waals surface area contributed by atoms with Crippen molar-refractivity contribution in [1.29, 1.82) is 0 Å². The average Bonchev–Trinajstić information content (AvgIpc) is 2.16. The highest BCUT2D eigenvalue weighted by Crippen LogP contribution is 2.17. The van der Waals surface area contributed by atoms with E-state index in [2.05, 4.69) is 12.2 Å². The van der Waals surface area contributed by atoms with E-state index in [-0.39, 0.29) is 9.94 Å². The van der Waals surface area contributed by atoms with Gasteiger partial charge in [-0.2, -0.15) is 0 Å². The third-order valence-corrected chi connectivity index (χ3v) is 2.43. The minimum Gasteiger partial charge on any atom is -0.396 e. The van der Waals surface area contributed by atoms with Crippen LogP contribution in [0.15, 0.2) is 4.79 Å². The van der Waals surface area contributed by atoms with Crippen LogP contribution in [0.1, 0.15) is 26.2 Å². The van der Waals surface area contributed by atoms with Crippen LogP contribution in [0.2, 0.25) is 0 Å². The van der Waals surface area contributed by atoms with Crippen LogP contribution < -0.4 is 16.5 Å². The van der Waals surface area contributed by atoms with Gasteiger partial charge in [-0.1, -0.05) is 32.0 Å². The Morgan fingerprint density at radius 1 is 1.46 bits per heavy atom. The van der Waals surface area contributed by atoms with Gasteiger partial charge in [0.2, 0.25) is 5.43 Å². The lowest BCUT2D eigenvalue weighted by atomic mass is 10.2. The number of rotatable bonds is 5. The topological polar surface area (TPSA) is 55.1 Å². The number of nitrogen functional groups attached to an aromatic ring is 1. The smallest absolute Gasteiger partial charge is 0.223 e. The monoisotopic (exact) mass is 198 g/mol. The van der Waals surface area contributed by atoms with E-state index in [4.69, 9.17) is 18.0 Å². The molecule has 0 aliphatic carbocycles. The van der Waals surface area contributed by atoms with Gasteiger partial charge in [-0.3, -0.25) is 4.79 Å². The zero-order valence-corrected chi connectivity index (χ0v) is 8.54. The fraction of sp³-hybridized carbons (Fsp3) is 0.556. The van der Waals surface area contributed by atoms with Gasteiger partial charge in [0.1, 0.15) is 10.2 Å². The molecule has 0 bridgehead atoms. The molecule has 0 aliphatic rings. The molecular weight excluding hydrogens is 184 g/mol. The van der Waals surface area contributed by atoms with Gasteiger partial charge < -0.3 is 11.1 Å². The van der Waals surface area contributed by atoms with Crippen LogP contribution in [0.3, 0.4) is 0 Å². The summed E-state index contributed by atoms with van der Waals surface area (Å²) >= 11 is 4.74. The van der Waals surface area contributed by atoms with E-state index in [0.717, 1.165) is 13.0 Å². The Hall–Kier alpha value is -0.900. The van der Waals surface area contributed by atoms with Crippen molar-refractivity contribution in [1.82, 2.24) is 0 Å². The lowest BCUT2D eigenvalue weighted by Gasteiger charge is -2.10. The molecule has 3 nitrogen and oxygen atoms in total. The number of hydrogen-bond donors (Lipinski definition) is 2. The van der Waals surface area contributed by atoms with Crippen LogP contribution in [0.5, 0.6) is 0 Å². The lowest BCUT2D eigenvalue weighted by molar-refractivity contribution is 0.743. The quantitative estimate of drug-likeness (QED) is 0.560. The molecule has 0 atom stereocenters. The van der Waals surface area contributed by atoms with Crippen molar-refractivity contribution >= 4 is 23.6 Å². The number of unbranched alkanes of at least 4 members (excludes halogenated alkanes) is 2. The van der Waals surface area contributed by atoms with E-state index >= 15 is 0 Å². The van der Waals surface area contributed by atoms with Gasteiger partial charge in [0, 0.05) is 6.54 Å². The van der Waals surface area contributed by atoms with Gasteiger partial charge in [-0.25, -0.2) is 0 Å². The Labute approximate surface area is 82.6 Å². The molecule has 1 rings (SSSR count). The molecule has 0 spiro atoms. The summed E-state index contributed by atoms with van der Waals surface area (Å²) < 4.78 is 0.276. The SMILES string of the molecule is CCCCCNc1c(N)c(=S)c1=O. The Bertz CT molecular complexity index is 352.